The molecule has 0 aliphatic heterocycles. The fourth-order valence-electron chi connectivity index (χ4n) is 7.10. The lowest BCUT2D eigenvalue weighted by Gasteiger charge is -2.30. The van der Waals surface area contributed by atoms with Crippen LogP contribution in [-0.4, -0.2) is 68.5 Å². The number of aliphatic hydroxyl groups is 1. The number of hydrogen-bond acceptors (Lipinski definition) is 6. The molecule has 0 saturated carbocycles. The van der Waals surface area contributed by atoms with Gasteiger partial charge in [0.05, 0.1) is 39.9 Å². The average Bonchev–Trinajstić information content (AvgIpc) is 3.12. The van der Waals surface area contributed by atoms with Crippen molar-refractivity contribution in [3.05, 3.63) is 0 Å². The topological polar surface area (TPSA) is 108 Å². The van der Waals surface area contributed by atoms with Gasteiger partial charge in [0.25, 0.3) is 7.82 Å². The van der Waals surface area contributed by atoms with E-state index >= 15 is 0 Å². The van der Waals surface area contributed by atoms with Crippen LogP contribution in [0.5, 0.6) is 0 Å². The Bertz CT molecular complexity index is 855. The number of phosphoric ester groups is 1. The van der Waals surface area contributed by atoms with E-state index in [4.69, 9.17) is 9.05 Å². The number of carbonyl (C=O) groups excluding carboxylic acids is 1. The number of hydrogen-bond donors (Lipinski definition) is 2. The normalized spacial score (nSPS) is 14.3. The fourth-order valence-corrected chi connectivity index (χ4v) is 7.82. The van der Waals surface area contributed by atoms with Crippen LogP contribution in [0.3, 0.4) is 0 Å². The van der Waals surface area contributed by atoms with Gasteiger partial charge in [-0.05, 0) is 12.8 Å². The number of nitrogens with one attached hydrogen (secondary N) is 1. The smallest absolute Gasteiger partial charge is 0.268 e. The van der Waals surface area contributed by atoms with Crippen LogP contribution in [0, 0.1) is 0 Å². The number of rotatable bonds is 43. The lowest BCUT2D eigenvalue weighted by Crippen LogP contribution is -2.46. The van der Waals surface area contributed by atoms with Crippen molar-refractivity contribution < 1.29 is 32.9 Å². The number of aliphatic hydroxyl groups excluding tert-OH is 1. The molecule has 54 heavy (non-hydrogen) atoms. The molecule has 0 radical (unpaired) electrons. The first-order valence-electron chi connectivity index (χ1n) is 23.4. The molecule has 324 valence electrons. The molecule has 0 rings (SSSR count). The number of amides is 1. The summed E-state index contributed by atoms with van der Waals surface area (Å²) in [5, 5.41) is 13.9. The standard InChI is InChI=1S/C45H93N2O6P/c1-6-8-10-12-14-16-18-19-20-21-22-23-24-25-26-27-29-30-32-34-36-38-44(48)43(42-53-54(50,51)52-41-40-47(3,4)5)46-45(49)39-37-35-33-31-28-17-15-13-11-9-7-2/h43-44,48H,6-42H2,1-5H3,(H-,46,49,50,51). The van der Waals surface area contributed by atoms with Crippen molar-refractivity contribution >= 4 is 13.7 Å². The van der Waals surface area contributed by atoms with Crippen molar-refractivity contribution in [1.82, 2.24) is 5.32 Å². The monoisotopic (exact) mass is 789 g/mol. The number of unbranched alkanes of at least 4 members (excludes halogenated alkanes) is 30. The maximum atomic E-state index is 12.8. The third kappa shape index (κ3) is 39.7. The molecule has 2 N–H and O–H groups in total. The highest BCUT2D eigenvalue weighted by molar-refractivity contribution is 7.45. The highest BCUT2D eigenvalue weighted by Crippen LogP contribution is 2.38. The Morgan fingerprint density at radius 1 is 0.574 bits per heavy atom. The second-order valence-electron chi connectivity index (χ2n) is 17.5. The SMILES string of the molecule is CCCCCCCCCCCCCCCCCCCCCCCC(O)C(COP(=O)([O-])OCC[N+](C)(C)C)NC(=O)CCCCCCCCCCCCC. The largest absolute Gasteiger partial charge is 0.756 e. The first kappa shape index (κ1) is 53.5. The first-order chi connectivity index (χ1) is 26.0. The molecule has 3 atom stereocenters. The maximum absolute atomic E-state index is 12.8. The Balaban J connectivity index is 4.22. The van der Waals surface area contributed by atoms with Gasteiger partial charge in [0, 0.05) is 6.42 Å². The summed E-state index contributed by atoms with van der Waals surface area (Å²) in [6, 6.07) is -0.792. The van der Waals surface area contributed by atoms with Gasteiger partial charge >= 0.3 is 0 Å². The summed E-state index contributed by atoms with van der Waals surface area (Å²) in [5.41, 5.74) is 0. The van der Waals surface area contributed by atoms with Crippen LogP contribution in [0.15, 0.2) is 0 Å². The fraction of sp³-hybridized carbons (Fsp3) is 0.978. The highest BCUT2D eigenvalue weighted by atomic mass is 31.2. The Labute approximate surface area is 336 Å². The highest BCUT2D eigenvalue weighted by Gasteiger charge is 2.24. The molecule has 3 unspecified atom stereocenters. The molecule has 1 amide bonds. The molecule has 0 aromatic heterocycles. The molecular weight excluding hydrogens is 695 g/mol. The van der Waals surface area contributed by atoms with Gasteiger partial charge in [0.15, 0.2) is 0 Å². The Morgan fingerprint density at radius 2 is 0.907 bits per heavy atom. The average molecular weight is 789 g/mol. The van der Waals surface area contributed by atoms with Crippen LogP contribution >= 0.6 is 7.82 Å². The van der Waals surface area contributed by atoms with Crippen molar-refractivity contribution in [2.45, 2.75) is 244 Å². The molecule has 0 aromatic rings. The van der Waals surface area contributed by atoms with E-state index in [0.717, 1.165) is 38.5 Å². The summed E-state index contributed by atoms with van der Waals surface area (Å²) in [5.74, 6) is -0.163. The molecule has 9 heteroatoms. The van der Waals surface area contributed by atoms with Crippen molar-refractivity contribution in [1.29, 1.82) is 0 Å². The summed E-state index contributed by atoms with van der Waals surface area (Å²) in [7, 11) is 1.32. The molecular formula is C45H93N2O6P. The number of nitrogens with zero attached hydrogens (tertiary/aromatic N) is 1. The second kappa shape index (κ2) is 38.0. The van der Waals surface area contributed by atoms with E-state index in [1.54, 1.807) is 0 Å². The minimum Gasteiger partial charge on any atom is -0.756 e. The summed E-state index contributed by atoms with van der Waals surface area (Å²) in [6.07, 6.45) is 41.1. The summed E-state index contributed by atoms with van der Waals surface area (Å²) in [6.45, 7) is 4.73. The predicted molar refractivity (Wildman–Crippen MR) is 229 cm³/mol. The van der Waals surface area contributed by atoms with Crippen LogP contribution < -0.4 is 10.2 Å². The van der Waals surface area contributed by atoms with E-state index < -0.39 is 20.0 Å². The zero-order chi connectivity index (χ0) is 40.0. The second-order valence-corrected chi connectivity index (χ2v) is 18.9. The minimum atomic E-state index is -4.56. The predicted octanol–water partition coefficient (Wildman–Crippen LogP) is 12.3. The number of likely N-dealkylation sites (N-methyl/N-ethyl adjacent to an activating group) is 1. The quantitative estimate of drug-likeness (QED) is 0.0362. The van der Waals surface area contributed by atoms with Gasteiger partial charge in [-0.1, -0.05) is 213 Å². The molecule has 0 saturated heterocycles. The van der Waals surface area contributed by atoms with Crippen LogP contribution in [0.1, 0.15) is 232 Å². The molecule has 0 bridgehead atoms. The van der Waals surface area contributed by atoms with Crippen molar-refractivity contribution in [3.63, 3.8) is 0 Å². The zero-order valence-corrected chi connectivity index (χ0v) is 37.6. The molecule has 0 heterocycles. The van der Waals surface area contributed by atoms with Gasteiger partial charge in [0.2, 0.25) is 5.91 Å². The lowest BCUT2D eigenvalue weighted by molar-refractivity contribution is -0.870. The summed E-state index contributed by atoms with van der Waals surface area (Å²) in [4.78, 5) is 25.3. The van der Waals surface area contributed by atoms with E-state index in [1.807, 2.05) is 21.1 Å². The van der Waals surface area contributed by atoms with Gasteiger partial charge in [-0.3, -0.25) is 9.36 Å². The number of quaternary nitrogens is 1. The van der Waals surface area contributed by atoms with Gasteiger partial charge < -0.3 is 28.8 Å². The van der Waals surface area contributed by atoms with Gasteiger partial charge in [-0.15, -0.1) is 0 Å². The van der Waals surface area contributed by atoms with Gasteiger partial charge in [-0.25, -0.2) is 0 Å². The van der Waals surface area contributed by atoms with Gasteiger partial charge in [-0.2, -0.15) is 0 Å². The summed E-state index contributed by atoms with van der Waals surface area (Å²) < 4.78 is 23.3. The van der Waals surface area contributed by atoms with E-state index in [1.165, 1.54) is 167 Å². The van der Waals surface area contributed by atoms with Crippen LogP contribution in [-0.2, 0) is 18.4 Å². The molecule has 0 fully saturated rings. The van der Waals surface area contributed by atoms with E-state index in [-0.39, 0.29) is 19.1 Å². The number of carbonyl (C=O) groups is 1. The van der Waals surface area contributed by atoms with E-state index in [0.29, 0.717) is 23.9 Å². The molecule has 0 aliphatic rings. The zero-order valence-electron chi connectivity index (χ0n) is 36.7. The molecule has 8 nitrogen and oxygen atoms in total. The van der Waals surface area contributed by atoms with Gasteiger partial charge in [0.1, 0.15) is 13.2 Å². The van der Waals surface area contributed by atoms with Crippen LogP contribution in [0.4, 0.5) is 0 Å². The molecule has 0 aromatic carbocycles. The van der Waals surface area contributed by atoms with E-state index in [9.17, 15) is 19.4 Å². The Hall–Kier alpha value is -0.500. The van der Waals surface area contributed by atoms with Crippen molar-refractivity contribution in [3.8, 4) is 0 Å². The van der Waals surface area contributed by atoms with Crippen LogP contribution in [0.25, 0.3) is 0 Å². The lowest BCUT2D eigenvalue weighted by atomic mass is 10.0. The molecule has 0 aliphatic carbocycles. The number of phosphoric acid groups is 1. The third-order valence-corrected chi connectivity index (χ3v) is 11.8. The summed E-state index contributed by atoms with van der Waals surface area (Å²) >= 11 is 0. The third-order valence-electron chi connectivity index (χ3n) is 10.8. The van der Waals surface area contributed by atoms with Crippen molar-refractivity contribution in [2.75, 3.05) is 40.9 Å². The Morgan fingerprint density at radius 3 is 1.26 bits per heavy atom. The Kier molecular flexibility index (Phi) is 37.7. The van der Waals surface area contributed by atoms with Crippen LogP contribution in [0.2, 0.25) is 0 Å². The minimum absolute atomic E-state index is 0.0160. The van der Waals surface area contributed by atoms with Crippen molar-refractivity contribution in [2.24, 2.45) is 0 Å². The molecule has 0 spiro atoms. The maximum Gasteiger partial charge on any atom is 0.268 e. The van der Waals surface area contributed by atoms with E-state index in [2.05, 4.69) is 19.2 Å². The first-order valence-corrected chi connectivity index (χ1v) is 24.8.